The fourth-order valence-corrected chi connectivity index (χ4v) is 2.01. The summed E-state index contributed by atoms with van der Waals surface area (Å²) in [4.78, 5) is 5.30. The molecule has 0 saturated carbocycles. The van der Waals surface area contributed by atoms with Crippen LogP contribution >= 0.6 is 0 Å². The molecular formula is C15H19NO3. The summed E-state index contributed by atoms with van der Waals surface area (Å²) in [7, 11) is 3.33. The van der Waals surface area contributed by atoms with Gasteiger partial charge >= 0.3 is 0 Å². The van der Waals surface area contributed by atoms with E-state index in [2.05, 4.69) is 23.7 Å². The SMILES string of the molecule is COCCONCc1c(OC)ccc2ccccc12. The number of nitrogens with one attached hydrogen (secondary N) is 1. The van der Waals surface area contributed by atoms with Crippen molar-refractivity contribution in [2.75, 3.05) is 27.4 Å². The largest absolute Gasteiger partial charge is 0.496 e. The van der Waals surface area contributed by atoms with Gasteiger partial charge in [0.15, 0.2) is 0 Å². The lowest BCUT2D eigenvalue weighted by molar-refractivity contribution is 0.00339. The van der Waals surface area contributed by atoms with Gasteiger partial charge in [0.1, 0.15) is 5.75 Å². The first-order valence-electron chi connectivity index (χ1n) is 6.25. The third-order valence-electron chi connectivity index (χ3n) is 2.96. The van der Waals surface area contributed by atoms with Crippen LogP contribution in [-0.2, 0) is 16.1 Å². The lowest BCUT2D eigenvalue weighted by atomic mass is 10.0. The van der Waals surface area contributed by atoms with Crippen molar-refractivity contribution >= 4 is 10.8 Å². The second kappa shape index (κ2) is 7.09. The van der Waals surface area contributed by atoms with Gasteiger partial charge in [-0.25, -0.2) is 0 Å². The van der Waals surface area contributed by atoms with Gasteiger partial charge in [-0.3, -0.25) is 4.84 Å². The van der Waals surface area contributed by atoms with Crippen LogP contribution < -0.4 is 10.2 Å². The van der Waals surface area contributed by atoms with Gasteiger partial charge in [-0.1, -0.05) is 30.3 Å². The molecule has 0 radical (unpaired) electrons. The first-order valence-corrected chi connectivity index (χ1v) is 6.25. The lowest BCUT2D eigenvalue weighted by Gasteiger charge is -2.13. The average Bonchev–Trinajstić information content (AvgIpc) is 2.47. The maximum atomic E-state index is 5.41. The minimum atomic E-state index is 0.517. The molecule has 2 aromatic rings. The summed E-state index contributed by atoms with van der Waals surface area (Å²) in [6.07, 6.45) is 0. The molecule has 19 heavy (non-hydrogen) atoms. The molecule has 0 aliphatic heterocycles. The van der Waals surface area contributed by atoms with E-state index >= 15 is 0 Å². The van der Waals surface area contributed by atoms with E-state index in [1.54, 1.807) is 14.2 Å². The summed E-state index contributed by atoms with van der Waals surface area (Å²) in [5, 5.41) is 2.36. The molecule has 4 heteroatoms. The summed E-state index contributed by atoms with van der Waals surface area (Å²) in [6.45, 7) is 1.68. The van der Waals surface area contributed by atoms with Crippen LogP contribution in [0.1, 0.15) is 5.56 Å². The Labute approximate surface area is 113 Å². The summed E-state index contributed by atoms with van der Waals surface area (Å²) in [5.41, 5.74) is 4.04. The first-order chi connectivity index (χ1) is 9.36. The molecule has 0 aromatic heterocycles. The predicted molar refractivity (Wildman–Crippen MR) is 75.2 cm³/mol. The van der Waals surface area contributed by atoms with Crippen LogP contribution in [0.2, 0.25) is 0 Å². The molecule has 0 bridgehead atoms. The minimum absolute atomic E-state index is 0.517. The van der Waals surface area contributed by atoms with Crippen LogP contribution in [0.5, 0.6) is 5.75 Å². The first kappa shape index (κ1) is 13.8. The van der Waals surface area contributed by atoms with Crippen LogP contribution in [0.4, 0.5) is 0 Å². The lowest BCUT2D eigenvalue weighted by Crippen LogP contribution is -2.17. The molecule has 0 atom stereocenters. The standard InChI is InChI=1S/C15H19NO3/c1-17-9-10-19-16-11-14-13-6-4-3-5-12(13)7-8-15(14)18-2/h3-8,16H,9-11H2,1-2H3. The highest BCUT2D eigenvalue weighted by Crippen LogP contribution is 2.27. The van der Waals surface area contributed by atoms with E-state index < -0.39 is 0 Å². The maximum Gasteiger partial charge on any atom is 0.124 e. The van der Waals surface area contributed by atoms with E-state index in [0.717, 1.165) is 11.3 Å². The van der Waals surface area contributed by atoms with Crippen molar-refractivity contribution in [1.82, 2.24) is 5.48 Å². The highest BCUT2D eigenvalue weighted by molar-refractivity contribution is 5.87. The third-order valence-corrected chi connectivity index (χ3v) is 2.96. The second-order valence-corrected chi connectivity index (χ2v) is 4.13. The van der Waals surface area contributed by atoms with Crippen LogP contribution in [0.25, 0.3) is 10.8 Å². The number of ether oxygens (including phenoxy) is 2. The van der Waals surface area contributed by atoms with Crippen molar-refractivity contribution in [2.24, 2.45) is 0 Å². The van der Waals surface area contributed by atoms with Crippen LogP contribution in [-0.4, -0.2) is 27.4 Å². The molecule has 2 rings (SSSR count). The normalized spacial score (nSPS) is 10.8. The van der Waals surface area contributed by atoms with Gasteiger partial charge in [0.2, 0.25) is 0 Å². The van der Waals surface area contributed by atoms with Gasteiger partial charge < -0.3 is 9.47 Å². The zero-order valence-electron chi connectivity index (χ0n) is 11.3. The Kier molecular flexibility index (Phi) is 5.15. The molecule has 0 fully saturated rings. The Morgan fingerprint density at radius 1 is 1.00 bits per heavy atom. The molecule has 1 N–H and O–H groups in total. The molecule has 0 aliphatic rings. The van der Waals surface area contributed by atoms with Gasteiger partial charge in [-0.05, 0) is 16.8 Å². The third kappa shape index (κ3) is 3.44. The highest BCUT2D eigenvalue weighted by atomic mass is 16.7. The van der Waals surface area contributed by atoms with Gasteiger partial charge in [-0.15, -0.1) is 0 Å². The number of methoxy groups -OCH3 is 2. The zero-order valence-corrected chi connectivity index (χ0v) is 11.3. The Hall–Kier alpha value is -1.62. The molecule has 102 valence electrons. The average molecular weight is 261 g/mol. The second-order valence-electron chi connectivity index (χ2n) is 4.13. The van der Waals surface area contributed by atoms with Crippen molar-refractivity contribution in [3.8, 4) is 5.75 Å². The van der Waals surface area contributed by atoms with E-state index in [0.29, 0.717) is 19.8 Å². The summed E-state index contributed by atoms with van der Waals surface area (Å²) in [5.74, 6) is 0.863. The van der Waals surface area contributed by atoms with Gasteiger partial charge in [0, 0.05) is 12.7 Å². The topological polar surface area (TPSA) is 39.7 Å². The van der Waals surface area contributed by atoms with Crippen molar-refractivity contribution in [2.45, 2.75) is 6.54 Å². The Bertz CT molecular complexity index is 528. The van der Waals surface area contributed by atoms with Crippen LogP contribution in [0.3, 0.4) is 0 Å². The number of fused-ring (bicyclic) bond motifs is 1. The Morgan fingerprint density at radius 3 is 2.63 bits per heavy atom. The molecule has 4 nitrogen and oxygen atoms in total. The summed E-state index contributed by atoms with van der Waals surface area (Å²) < 4.78 is 10.3. The Balaban J connectivity index is 2.14. The van der Waals surface area contributed by atoms with Crippen LogP contribution in [0, 0.1) is 0 Å². The quantitative estimate of drug-likeness (QED) is 0.614. The van der Waals surface area contributed by atoms with Crippen molar-refractivity contribution in [3.05, 3.63) is 42.0 Å². The number of rotatable bonds is 7. The fraction of sp³-hybridized carbons (Fsp3) is 0.333. The minimum Gasteiger partial charge on any atom is -0.496 e. The maximum absolute atomic E-state index is 5.41. The predicted octanol–water partition coefficient (Wildman–Crippen LogP) is 2.52. The van der Waals surface area contributed by atoms with E-state index in [4.69, 9.17) is 14.3 Å². The number of hydroxylamine groups is 1. The molecule has 0 unspecified atom stereocenters. The molecule has 0 heterocycles. The molecule has 0 saturated heterocycles. The molecule has 0 amide bonds. The number of hydrogen-bond acceptors (Lipinski definition) is 4. The van der Waals surface area contributed by atoms with E-state index in [1.807, 2.05) is 18.2 Å². The molecule has 0 spiro atoms. The molecular weight excluding hydrogens is 242 g/mol. The molecule has 2 aromatic carbocycles. The Morgan fingerprint density at radius 2 is 1.84 bits per heavy atom. The zero-order chi connectivity index (χ0) is 13.5. The van der Waals surface area contributed by atoms with Gasteiger partial charge in [0.05, 0.1) is 26.9 Å². The number of hydrogen-bond donors (Lipinski definition) is 1. The van der Waals surface area contributed by atoms with Gasteiger partial charge in [-0.2, -0.15) is 5.48 Å². The monoisotopic (exact) mass is 261 g/mol. The highest BCUT2D eigenvalue weighted by Gasteiger charge is 2.07. The van der Waals surface area contributed by atoms with Crippen molar-refractivity contribution in [1.29, 1.82) is 0 Å². The van der Waals surface area contributed by atoms with E-state index in [-0.39, 0.29) is 0 Å². The smallest absolute Gasteiger partial charge is 0.124 e. The summed E-state index contributed by atoms with van der Waals surface area (Å²) in [6, 6.07) is 12.3. The van der Waals surface area contributed by atoms with Gasteiger partial charge in [0.25, 0.3) is 0 Å². The van der Waals surface area contributed by atoms with Crippen molar-refractivity contribution in [3.63, 3.8) is 0 Å². The van der Waals surface area contributed by atoms with E-state index in [9.17, 15) is 0 Å². The fourth-order valence-electron chi connectivity index (χ4n) is 2.01. The summed E-state index contributed by atoms with van der Waals surface area (Å²) >= 11 is 0. The van der Waals surface area contributed by atoms with Crippen LogP contribution in [0.15, 0.2) is 36.4 Å². The van der Waals surface area contributed by atoms with Crippen molar-refractivity contribution < 1.29 is 14.3 Å². The molecule has 0 aliphatic carbocycles. The van der Waals surface area contributed by atoms with E-state index in [1.165, 1.54) is 10.8 Å². The number of benzene rings is 2.